The number of hydrogen-bond acceptors (Lipinski definition) is 4. The van der Waals surface area contributed by atoms with Gasteiger partial charge in [0.05, 0.1) is 5.69 Å². The zero-order valence-corrected chi connectivity index (χ0v) is 13.9. The van der Waals surface area contributed by atoms with E-state index in [9.17, 15) is 14.0 Å². The molecule has 7 heteroatoms. The number of hydrogen-bond donors (Lipinski definition) is 1. The lowest BCUT2D eigenvalue weighted by Gasteiger charge is -2.14. The molecule has 0 aliphatic rings. The van der Waals surface area contributed by atoms with E-state index >= 15 is 0 Å². The van der Waals surface area contributed by atoms with E-state index in [-0.39, 0.29) is 17.9 Å². The highest BCUT2D eigenvalue weighted by Gasteiger charge is 2.25. The highest BCUT2D eigenvalue weighted by molar-refractivity contribution is 14.1. The fourth-order valence-electron chi connectivity index (χ4n) is 1.88. The number of carbonyl (C=O) groups is 2. The normalized spacial score (nSPS) is 11.8. The summed E-state index contributed by atoms with van der Waals surface area (Å²) in [6.07, 6.45) is 3.04. The fourth-order valence-corrected chi connectivity index (χ4v) is 2.33. The Morgan fingerprint density at radius 1 is 1.36 bits per heavy atom. The molecule has 0 aliphatic heterocycles. The summed E-state index contributed by atoms with van der Waals surface area (Å²) in [4.78, 5) is 31.8. The highest BCUT2D eigenvalue weighted by Crippen LogP contribution is 2.19. The molecule has 1 aromatic carbocycles. The third-order valence-corrected chi connectivity index (χ3v) is 3.72. The summed E-state index contributed by atoms with van der Waals surface area (Å²) in [6.45, 7) is 1.33. The summed E-state index contributed by atoms with van der Waals surface area (Å²) in [7, 11) is 0. The van der Waals surface area contributed by atoms with E-state index in [1.54, 1.807) is 12.1 Å². The molecule has 0 spiro atoms. The van der Waals surface area contributed by atoms with Crippen molar-refractivity contribution in [3.05, 3.63) is 51.9 Å². The van der Waals surface area contributed by atoms with Gasteiger partial charge in [-0.2, -0.15) is 0 Å². The van der Waals surface area contributed by atoms with Gasteiger partial charge < -0.3 is 5.32 Å². The minimum absolute atomic E-state index is 0.0550. The number of benzene rings is 1. The van der Waals surface area contributed by atoms with Gasteiger partial charge in [-0.1, -0.05) is 0 Å². The maximum absolute atomic E-state index is 13.8. The predicted octanol–water partition coefficient (Wildman–Crippen LogP) is 2.61. The van der Waals surface area contributed by atoms with Crippen molar-refractivity contribution in [1.29, 1.82) is 0 Å². The van der Waals surface area contributed by atoms with Crippen LogP contribution in [0.2, 0.25) is 0 Å². The summed E-state index contributed by atoms with van der Waals surface area (Å²) in [5, 5.41) is 2.46. The molecule has 0 radical (unpaired) electrons. The molecule has 0 saturated carbocycles. The van der Waals surface area contributed by atoms with Gasteiger partial charge in [-0.05, 0) is 53.8 Å². The van der Waals surface area contributed by atoms with Crippen LogP contribution in [-0.4, -0.2) is 21.7 Å². The van der Waals surface area contributed by atoms with Gasteiger partial charge in [-0.25, -0.2) is 14.4 Å². The molecule has 1 aromatic heterocycles. The first-order valence-corrected chi connectivity index (χ1v) is 7.56. The first kappa shape index (κ1) is 16.5. The molecular formula is C15H13FIN3O2. The van der Waals surface area contributed by atoms with E-state index in [2.05, 4.69) is 15.3 Å². The molecule has 1 N–H and O–H groups in total. The van der Waals surface area contributed by atoms with Gasteiger partial charge in [0.25, 0.3) is 0 Å². The van der Waals surface area contributed by atoms with Gasteiger partial charge in [0, 0.05) is 21.9 Å². The number of halogens is 2. The molecule has 22 heavy (non-hydrogen) atoms. The summed E-state index contributed by atoms with van der Waals surface area (Å²) in [5.41, 5.74) is 0.632. The molecule has 1 unspecified atom stereocenters. The first-order valence-electron chi connectivity index (χ1n) is 6.48. The Balaban J connectivity index is 2.15. The monoisotopic (exact) mass is 413 g/mol. The average molecular weight is 413 g/mol. The Bertz CT molecular complexity index is 694. The van der Waals surface area contributed by atoms with Crippen molar-refractivity contribution in [2.24, 2.45) is 5.92 Å². The van der Waals surface area contributed by atoms with Crippen LogP contribution in [0.1, 0.15) is 12.6 Å². The van der Waals surface area contributed by atoms with Crippen LogP contribution in [0.15, 0.2) is 36.8 Å². The van der Waals surface area contributed by atoms with Crippen molar-refractivity contribution < 1.29 is 14.0 Å². The van der Waals surface area contributed by atoms with Crippen molar-refractivity contribution in [1.82, 2.24) is 9.97 Å². The molecule has 0 saturated heterocycles. The highest BCUT2D eigenvalue weighted by atomic mass is 127. The number of amides is 1. The zero-order chi connectivity index (χ0) is 16.1. The number of carbonyl (C=O) groups excluding carboxylic acids is 2. The van der Waals surface area contributed by atoms with Gasteiger partial charge in [0.2, 0.25) is 5.91 Å². The van der Waals surface area contributed by atoms with Gasteiger partial charge >= 0.3 is 0 Å². The molecule has 1 heterocycles. The lowest BCUT2D eigenvalue weighted by Crippen LogP contribution is -2.30. The minimum atomic E-state index is -0.923. The average Bonchev–Trinajstić information content (AvgIpc) is 2.48. The number of rotatable bonds is 5. The molecule has 0 bridgehead atoms. The maximum atomic E-state index is 13.8. The Morgan fingerprint density at radius 2 is 2.14 bits per heavy atom. The van der Waals surface area contributed by atoms with E-state index < -0.39 is 17.6 Å². The first-order chi connectivity index (χ1) is 10.5. The summed E-state index contributed by atoms with van der Waals surface area (Å²) in [5.74, 6) is -2.31. The molecule has 0 aliphatic carbocycles. The second kappa shape index (κ2) is 7.39. The Kier molecular flexibility index (Phi) is 5.53. The van der Waals surface area contributed by atoms with E-state index in [4.69, 9.17) is 0 Å². The Morgan fingerprint density at radius 3 is 2.73 bits per heavy atom. The molecule has 1 atom stereocenters. The second-order valence-electron chi connectivity index (χ2n) is 4.68. The molecule has 114 valence electrons. The van der Waals surface area contributed by atoms with E-state index in [1.165, 1.54) is 31.6 Å². The smallest absolute Gasteiger partial charge is 0.235 e. The van der Waals surface area contributed by atoms with Crippen molar-refractivity contribution in [3.8, 4) is 0 Å². The van der Waals surface area contributed by atoms with Gasteiger partial charge in [0.1, 0.15) is 23.8 Å². The number of Topliss-reactive ketones (excluding diaryl/α,β-unsaturated/α-hetero) is 1. The van der Waals surface area contributed by atoms with Gasteiger partial charge in [0.15, 0.2) is 0 Å². The molecule has 0 fully saturated rings. The van der Waals surface area contributed by atoms with Crippen LogP contribution in [-0.2, 0) is 16.0 Å². The van der Waals surface area contributed by atoms with Crippen LogP contribution >= 0.6 is 22.6 Å². The molecule has 2 aromatic rings. The topological polar surface area (TPSA) is 72.0 Å². The Labute approximate surface area is 140 Å². The lowest BCUT2D eigenvalue weighted by molar-refractivity contribution is -0.129. The second-order valence-corrected chi connectivity index (χ2v) is 5.93. The number of ketones is 1. The summed E-state index contributed by atoms with van der Waals surface area (Å²) >= 11 is 1.97. The SMILES string of the molecule is CC(=O)C(Cc1ccncn1)C(=O)Nc1ccc(I)cc1F. The van der Waals surface area contributed by atoms with Crippen LogP contribution in [0.4, 0.5) is 10.1 Å². The van der Waals surface area contributed by atoms with Gasteiger partial charge in [-0.15, -0.1) is 0 Å². The van der Waals surface area contributed by atoms with Crippen molar-refractivity contribution in [3.63, 3.8) is 0 Å². The van der Waals surface area contributed by atoms with E-state index in [0.29, 0.717) is 5.69 Å². The number of anilines is 1. The maximum Gasteiger partial charge on any atom is 0.235 e. The zero-order valence-electron chi connectivity index (χ0n) is 11.7. The van der Waals surface area contributed by atoms with Crippen LogP contribution in [0, 0.1) is 15.3 Å². The Hall–Kier alpha value is -1.90. The number of nitrogens with zero attached hydrogens (tertiary/aromatic N) is 2. The van der Waals surface area contributed by atoms with E-state index in [1.807, 2.05) is 22.6 Å². The fraction of sp³-hybridized carbons (Fsp3) is 0.200. The molecule has 5 nitrogen and oxygen atoms in total. The summed E-state index contributed by atoms with van der Waals surface area (Å²) in [6, 6.07) is 6.08. The summed E-state index contributed by atoms with van der Waals surface area (Å²) < 4.78 is 14.5. The van der Waals surface area contributed by atoms with Crippen LogP contribution in [0.25, 0.3) is 0 Å². The third kappa shape index (κ3) is 4.30. The van der Waals surface area contributed by atoms with E-state index in [0.717, 1.165) is 3.57 Å². The lowest BCUT2D eigenvalue weighted by atomic mass is 9.98. The quantitative estimate of drug-likeness (QED) is 0.605. The van der Waals surface area contributed by atoms with Crippen LogP contribution < -0.4 is 5.32 Å². The minimum Gasteiger partial charge on any atom is -0.323 e. The molecule has 1 amide bonds. The number of aromatic nitrogens is 2. The molecular weight excluding hydrogens is 400 g/mol. The van der Waals surface area contributed by atoms with Crippen molar-refractivity contribution in [2.75, 3.05) is 5.32 Å². The largest absolute Gasteiger partial charge is 0.323 e. The third-order valence-electron chi connectivity index (χ3n) is 3.05. The van der Waals surface area contributed by atoms with Gasteiger partial charge in [-0.3, -0.25) is 9.59 Å². The molecule has 2 rings (SSSR count). The van der Waals surface area contributed by atoms with Crippen molar-refractivity contribution >= 4 is 40.0 Å². The van der Waals surface area contributed by atoms with Crippen LogP contribution in [0.3, 0.4) is 0 Å². The predicted molar refractivity (Wildman–Crippen MR) is 87.7 cm³/mol. The van der Waals surface area contributed by atoms with Crippen LogP contribution in [0.5, 0.6) is 0 Å². The van der Waals surface area contributed by atoms with Crippen molar-refractivity contribution in [2.45, 2.75) is 13.3 Å². The number of nitrogens with one attached hydrogen (secondary N) is 1. The standard InChI is InChI=1S/C15H13FIN3O2/c1-9(21)12(7-11-4-5-18-8-19-11)15(22)20-14-3-2-10(17)6-13(14)16/h2-6,8,12H,7H2,1H3,(H,20,22).